The highest BCUT2D eigenvalue weighted by molar-refractivity contribution is 5.83. The molecule has 1 amide bonds. The van der Waals surface area contributed by atoms with Gasteiger partial charge in [-0.25, -0.2) is 4.98 Å². The lowest BCUT2D eigenvalue weighted by Gasteiger charge is -2.27. The molecule has 3 unspecified atom stereocenters. The molecule has 1 aromatic heterocycles. The van der Waals surface area contributed by atoms with Crippen molar-refractivity contribution in [3.8, 4) is 0 Å². The van der Waals surface area contributed by atoms with Crippen molar-refractivity contribution in [2.45, 2.75) is 32.5 Å². The molecule has 6 heteroatoms. The first kappa shape index (κ1) is 13.0. The van der Waals surface area contributed by atoms with Gasteiger partial charge in [0.05, 0.1) is 25.0 Å². The first-order valence-corrected chi connectivity index (χ1v) is 6.12. The zero-order chi connectivity index (χ0) is 13.2. The molecule has 6 nitrogen and oxygen atoms in total. The molecule has 0 aliphatic carbocycles. The van der Waals surface area contributed by atoms with Crippen molar-refractivity contribution in [2.75, 3.05) is 13.2 Å². The van der Waals surface area contributed by atoms with E-state index in [2.05, 4.69) is 10.3 Å². The van der Waals surface area contributed by atoms with Gasteiger partial charge in [0.2, 0.25) is 5.91 Å². The smallest absolute Gasteiger partial charge is 0.230 e. The Morgan fingerprint density at radius 2 is 2.56 bits per heavy atom. The van der Waals surface area contributed by atoms with Crippen molar-refractivity contribution < 1.29 is 9.53 Å². The summed E-state index contributed by atoms with van der Waals surface area (Å²) < 4.78 is 7.21. The van der Waals surface area contributed by atoms with Gasteiger partial charge < -0.3 is 20.4 Å². The van der Waals surface area contributed by atoms with Crippen molar-refractivity contribution in [1.82, 2.24) is 14.9 Å². The largest absolute Gasteiger partial charge is 0.379 e. The number of aromatic nitrogens is 2. The average Bonchev–Trinajstić information content (AvgIpc) is 2.91. The molecule has 18 heavy (non-hydrogen) atoms. The zero-order valence-electron chi connectivity index (χ0n) is 10.8. The second-order valence-corrected chi connectivity index (χ2v) is 5.17. The molecule has 0 aromatic carbocycles. The molecule has 0 radical (unpaired) electrons. The lowest BCUT2D eigenvalue weighted by molar-refractivity contribution is -0.131. The summed E-state index contributed by atoms with van der Waals surface area (Å²) in [7, 11) is 0. The van der Waals surface area contributed by atoms with E-state index in [9.17, 15) is 4.79 Å². The van der Waals surface area contributed by atoms with E-state index in [-0.39, 0.29) is 18.0 Å². The number of nitrogens with zero attached hydrogens (tertiary/aromatic N) is 2. The average molecular weight is 252 g/mol. The van der Waals surface area contributed by atoms with Crippen LogP contribution < -0.4 is 11.1 Å². The van der Waals surface area contributed by atoms with Crippen LogP contribution in [0.5, 0.6) is 0 Å². The van der Waals surface area contributed by atoms with Crippen LogP contribution in [0.2, 0.25) is 0 Å². The van der Waals surface area contributed by atoms with Crippen LogP contribution in [0, 0.1) is 5.41 Å². The first-order chi connectivity index (χ1) is 8.52. The van der Waals surface area contributed by atoms with E-state index in [0.717, 1.165) is 0 Å². The minimum absolute atomic E-state index is 0.0244. The van der Waals surface area contributed by atoms with Gasteiger partial charge in [-0.2, -0.15) is 0 Å². The van der Waals surface area contributed by atoms with Gasteiger partial charge in [-0.3, -0.25) is 4.79 Å². The van der Waals surface area contributed by atoms with E-state index in [4.69, 9.17) is 10.5 Å². The van der Waals surface area contributed by atoms with Gasteiger partial charge in [0.25, 0.3) is 0 Å². The van der Waals surface area contributed by atoms with Crippen molar-refractivity contribution in [3.05, 3.63) is 18.7 Å². The normalized spacial score (nSPS) is 29.2. The zero-order valence-corrected chi connectivity index (χ0v) is 10.8. The molecule has 1 aliphatic rings. The summed E-state index contributed by atoms with van der Waals surface area (Å²) in [4.78, 5) is 16.2. The van der Waals surface area contributed by atoms with Gasteiger partial charge >= 0.3 is 0 Å². The van der Waals surface area contributed by atoms with E-state index in [0.29, 0.717) is 19.8 Å². The molecule has 1 aliphatic heterocycles. The third-order valence-corrected chi connectivity index (χ3v) is 3.46. The van der Waals surface area contributed by atoms with Crippen LogP contribution in [-0.2, 0) is 16.1 Å². The summed E-state index contributed by atoms with van der Waals surface area (Å²) in [6.45, 7) is 5.34. The number of nitrogens with two attached hydrogens (primary N) is 1. The van der Waals surface area contributed by atoms with E-state index >= 15 is 0 Å². The van der Waals surface area contributed by atoms with Crippen LogP contribution in [0.25, 0.3) is 0 Å². The number of carbonyl (C=O) groups excluding carboxylic acids is 1. The quantitative estimate of drug-likeness (QED) is 0.774. The third kappa shape index (κ3) is 2.54. The topological polar surface area (TPSA) is 82.2 Å². The fraction of sp³-hybridized carbons (Fsp3) is 0.667. The predicted octanol–water partition coefficient (Wildman–Crippen LogP) is -0.248. The summed E-state index contributed by atoms with van der Waals surface area (Å²) in [6.07, 6.45) is 5.32. The van der Waals surface area contributed by atoms with E-state index in [1.807, 2.05) is 24.6 Å². The molecule has 1 aromatic rings. The van der Waals surface area contributed by atoms with Crippen LogP contribution in [0.15, 0.2) is 18.7 Å². The molecular formula is C12H20N4O2. The molecule has 1 fully saturated rings. The summed E-state index contributed by atoms with van der Waals surface area (Å²) >= 11 is 0. The molecule has 3 N–H and O–H groups in total. The highest BCUT2D eigenvalue weighted by Gasteiger charge is 2.44. The Morgan fingerprint density at radius 3 is 3.11 bits per heavy atom. The summed E-state index contributed by atoms with van der Waals surface area (Å²) in [5, 5.41) is 2.98. The lowest BCUT2D eigenvalue weighted by Crippen LogP contribution is -2.52. The maximum Gasteiger partial charge on any atom is 0.230 e. The van der Waals surface area contributed by atoms with Crippen LogP contribution >= 0.6 is 0 Å². The molecule has 3 atom stereocenters. The van der Waals surface area contributed by atoms with Gasteiger partial charge in [-0.15, -0.1) is 0 Å². The Labute approximate surface area is 107 Å². The van der Waals surface area contributed by atoms with Gasteiger partial charge in [-0.1, -0.05) is 0 Å². The van der Waals surface area contributed by atoms with Gasteiger partial charge in [0, 0.05) is 31.0 Å². The van der Waals surface area contributed by atoms with Gasteiger partial charge in [-0.05, 0) is 13.8 Å². The molecule has 0 bridgehead atoms. The SMILES string of the molecule is CC(Cn1ccnc1)NC(=O)C1(C)COCC1N. The Morgan fingerprint density at radius 1 is 1.78 bits per heavy atom. The van der Waals surface area contributed by atoms with E-state index in [1.165, 1.54) is 0 Å². The number of hydrogen-bond donors (Lipinski definition) is 2. The Bertz CT molecular complexity index is 406. The standard InChI is InChI=1S/C12H20N4O2/c1-9(5-16-4-3-14-8-16)15-11(17)12(2)7-18-6-10(12)13/h3-4,8-10H,5-7,13H2,1-2H3,(H,15,17). The highest BCUT2D eigenvalue weighted by atomic mass is 16.5. The minimum atomic E-state index is -0.622. The maximum atomic E-state index is 12.2. The maximum absolute atomic E-state index is 12.2. The third-order valence-electron chi connectivity index (χ3n) is 3.46. The number of amides is 1. The van der Waals surface area contributed by atoms with Crippen molar-refractivity contribution in [2.24, 2.45) is 11.1 Å². The molecule has 1 saturated heterocycles. The predicted molar refractivity (Wildman–Crippen MR) is 66.7 cm³/mol. The highest BCUT2D eigenvalue weighted by Crippen LogP contribution is 2.27. The van der Waals surface area contributed by atoms with Crippen LogP contribution in [0.3, 0.4) is 0 Å². The minimum Gasteiger partial charge on any atom is -0.379 e. The Balaban J connectivity index is 1.91. The Hall–Kier alpha value is -1.40. The first-order valence-electron chi connectivity index (χ1n) is 6.12. The summed E-state index contributed by atoms with van der Waals surface area (Å²) in [6, 6.07) is -0.214. The van der Waals surface area contributed by atoms with E-state index in [1.54, 1.807) is 12.5 Å². The number of nitrogens with one attached hydrogen (secondary N) is 1. The van der Waals surface area contributed by atoms with E-state index < -0.39 is 5.41 Å². The van der Waals surface area contributed by atoms with Gasteiger partial charge in [0.15, 0.2) is 0 Å². The number of imidazole rings is 1. The molecular weight excluding hydrogens is 232 g/mol. The molecule has 100 valence electrons. The molecule has 2 heterocycles. The van der Waals surface area contributed by atoms with Crippen molar-refractivity contribution in [1.29, 1.82) is 0 Å². The lowest BCUT2D eigenvalue weighted by atomic mass is 9.84. The van der Waals surface area contributed by atoms with Crippen LogP contribution in [-0.4, -0.2) is 40.8 Å². The number of hydrogen-bond acceptors (Lipinski definition) is 4. The molecule has 0 saturated carbocycles. The second kappa shape index (κ2) is 5.07. The Kier molecular flexibility index (Phi) is 3.68. The van der Waals surface area contributed by atoms with Gasteiger partial charge in [0.1, 0.15) is 0 Å². The molecule has 0 spiro atoms. The number of rotatable bonds is 4. The van der Waals surface area contributed by atoms with Crippen LogP contribution in [0.4, 0.5) is 0 Å². The fourth-order valence-corrected chi connectivity index (χ4v) is 2.07. The summed E-state index contributed by atoms with van der Waals surface area (Å²) in [5.41, 5.74) is 5.30. The molecule has 2 rings (SSSR count). The van der Waals surface area contributed by atoms with Crippen molar-refractivity contribution in [3.63, 3.8) is 0 Å². The number of carbonyl (C=O) groups is 1. The fourth-order valence-electron chi connectivity index (χ4n) is 2.07. The van der Waals surface area contributed by atoms with Crippen LogP contribution in [0.1, 0.15) is 13.8 Å². The number of ether oxygens (including phenoxy) is 1. The monoisotopic (exact) mass is 252 g/mol. The summed E-state index contributed by atoms with van der Waals surface area (Å²) in [5.74, 6) is -0.0416. The second-order valence-electron chi connectivity index (χ2n) is 5.17. The van der Waals surface area contributed by atoms with Crippen molar-refractivity contribution >= 4 is 5.91 Å².